The molecule has 0 aliphatic carbocycles. The molecule has 1 unspecified atom stereocenters. The number of carbonyl (C=O) groups is 2. The predicted octanol–water partition coefficient (Wildman–Crippen LogP) is 2.89. The van der Waals surface area contributed by atoms with Gasteiger partial charge in [-0.1, -0.05) is 24.9 Å². The zero-order chi connectivity index (χ0) is 16.1. The van der Waals surface area contributed by atoms with E-state index < -0.39 is 0 Å². The number of hydrogen-bond donors (Lipinski definition) is 1. The topological polar surface area (TPSA) is 52.7 Å². The largest absolute Gasteiger partial charge is 0.333 e. The SMILES string of the molecule is CCCCN(C)C(=O)NC1CC(=O)N(c2ccc(Cl)cc2)C1. The predicted molar refractivity (Wildman–Crippen MR) is 88.3 cm³/mol. The molecule has 1 atom stereocenters. The molecule has 0 radical (unpaired) electrons. The van der Waals surface area contributed by atoms with E-state index in [1.54, 1.807) is 29.0 Å². The van der Waals surface area contributed by atoms with Gasteiger partial charge in [0, 0.05) is 37.3 Å². The van der Waals surface area contributed by atoms with Gasteiger partial charge >= 0.3 is 6.03 Å². The number of nitrogens with one attached hydrogen (secondary N) is 1. The number of carbonyl (C=O) groups excluding carboxylic acids is 2. The van der Waals surface area contributed by atoms with Crippen LogP contribution in [0.4, 0.5) is 10.5 Å². The average Bonchev–Trinajstić information content (AvgIpc) is 2.86. The Morgan fingerprint density at radius 2 is 2.09 bits per heavy atom. The Labute approximate surface area is 136 Å². The van der Waals surface area contributed by atoms with Gasteiger partial charge in [-0.3, -0.25) is 4.79 Å². The van der Waals surface area contributed by atoms with Crippen LogP contribution in [0.1, 0.15) is 26.2 Å². The summed E-state index contributed by atoms with van der Waals surface area (Å²) < 4.78 is 0. The van der Waals surface area contributed by atoms with Crippen molar-refractivity contribution in [3.8, 4) is 0 Å². The van der Waals surface area contributed by atoms with Crippen molar-refractivity contribution in [1.29, 1.82) is 0 Å². The summed E-state index contributed by atoms with van der Waals surface area (Å²) in [5.41, 5.74) is 0.811. The second kappa shape index (κ2) is 7.49. The van der Waals surface area contributed by atoms with Crippen molar-refractivity contribution in [2.45, 2.75) is 32.2 Å². The summed E-state index contributed by atoms with van der Waals surface area (Å²) >= 11 is 5.86. The van der Waals surface area contributed by atoms with Crippen LogP contribution < -0.4 is 10.2 Å². The Morgan fingerprint density at radius 3 is 2.73 bits per heavy atom. The molecule has 0 aromatic heterocycles. The van der Waals surface area contributed by atoms with Gasteiger partial charge in [0.25, 0.3) is 0 Å². The lowest BCUT2D eigenvalue weighted by molar-refractivity contribution is -0.117. The molecule has 2 rings (SSSR count). The zero-order valence-electron chi connectivity index (χ0n) is 13.0. The van der Waals surface area contributed by atoms with Crippen LogP contribution >= 0.6 is 11.6 Å². The number of rotatable bonds is 5. The summed E-state index contributed by atoms with van der Waals surface area (Å²) in [6.07, 6.45) is 2.35. The van der Waals surface area contributed by atoms with Crippen molar-refractivity contribution < 1.29 is 9.59 Å². The van der Waals surface area contributed by atoms with Crippen LogP contribution in [-0.4, -0.2) is 43.0 Å². The van der Waals surface area contributed by atoms with E-state index in [2.05, 4.69) is 12.2 Å². The third kappa shape index (κ3) is 4.13. The molecule has 1 aromatic carbocycles. The molecule has 3 amide bonds. The lowest BCUT2D eigenvalue weighted by Gasteiger charge is -2.21. The first-order chi connectivity index (χ1) is 10.5. The number of nitrogens with zero attached hydrogens (tertiary/aromatic N) is 2. The summed E-state index contributed by atoms with van der Waals surface area (Å²) in [6, 6.07) is 6.88. The number of benzene rings is 1. The van der Waals surface area contributed by atoms with E-state index in [1.807, 2.05) is 12.1 Å². The van der Waals surface area contributed by atoms with E-state index in [1.165, 1.54) is 0 Å². The highest BCUT2D eigenvalue weighted by Gasteiger charge is 2.32. The zero-order valence-corrected chi connectivity index (χ0v) is 13.8. The lowest BCUT2D eigenvalue weighted by Crippen LogP contribution is -2.44. The number of amides is 3. The average molecular weight is 324 g/mol. The molecule has 1 heterocycles. The highest BCUT2D eigenvalue weighted by atomic mass is 35.5. The first-order valence-corrected chi connectivity index (χ1v) is 7.96. The number of hydrogen-bond acceptors (Lipinski definition) is 2. The van der Waals surface area contributed by atoms with Gasteiger partial charge in [-0.15, -0.1) is 0 Å². The maximum Gasteiger partial charge on any atom is 0.317 e. The van der Waals surface area contributed by atoms with Crippen LogP contribution in [0.5, 0.6) is 0 Å². The molecule has 120 valence electrons. The second-order valence-corrected chi connectivity index (χ2v) is 6.04. The molecule has 0 saturated carbocycles. The molecular formula is C16H22ClN3O2. The van der Waals surface area contributed by atoms with Gasteiger partial charge in [-0.05, 0) is 30.7 Å². The van der Waals surface area contributed by atoms with E-state index in [9.17, 15) is 9.59 Å². The van der Waals surface area contributed by atoms with E-state index in [0.29, 0.717) is 18.0 Å². The highest BCUT2D eigenvalue weighted by molar-refractivity contribution is 6.30. The summed E-state index contributed by atoms with van der Waals surface area (Å²) in [6.45, 7) is 3.31. The van der Waals surface area contributed by atoms with Crippen molar-refractivity contribution in [2.24, 2.45) is 0 Å². The van der Waals surface area contributed by atoms with Crippen molar-refractivity contribution in [1.82, 2.24) is 10.2 Å². The fourth-order valence-electron chi connectivity index (χ4n) is 2.46. The number of anilines is 1. The van der Waals surface area contributed by atoms with E-state index in [0.717, 1.165) is 25.1 Å². The van der Waals surface area contributed by atoms with Crippen molar-refractivity contribution in [3.05, 3.63) is 29.3 Å². The number of unbranched alkanes of at least 4 members (excludes halogenated alkanes) is 1. The van der Waals surface area contributed by atoms with Crippen molar-refractivity contribution in [2.75, 3.05) is 25.0 Å². The molecule has 1 aliphatic rings. The van der Waals surface area contributed by atoms with Crippen LogP contribution in [0.15, 0.2) is 24.3 Å². The standard InChI is InChI=1S/C16H22ClN3O2/c1-3-4-9-19(2)16(22)18-13-10-15(21)20(11-13)14-7-5-12(17)6-8-14/h5-8,13H,3-4,9-11H2,1-2H3,(H,18,22). The Morgan fingerprint density at radius 1 is 1.41 bits per heavy atom. The minimum atomic E-state index is -0.153. The van der Waals surface area contributed by atoms with Gasteiger partial charge in [-0.2, -0.15) is 0 Å². The molecule has 22 heavy (non-hydrogen) atoms. The van der Waals surface area contributed by atoms with Crippen LogP contribution in [0.2, 0.25) is 5.02 Å². The third-order valence-electron chi connectivity index (χ3n) is 3.78. The number of halogens is 1. The van der Waals surface area contributed by atoms with Crippen LogP contribution in [0.3, 0.4) is 0 Å². The Kier molecular flexibility index (Phi) is 5.66. The molecular weight excluding hydrogens is 302 g/mol. The van der Waals surface area contributed by atoms with E-state index in [4.69, 9.17) is 11.6 Å². The molecule has 5 nitrogen and oxygen atoms in total. The quantitative estimate of drug-likeness (QED) is 0.906. The fourth-order valence-corrected chi connectivity index (χ4v) is 2.58. The number of urea groups is 1. The van der Waals surface area contributed by atoms with Gasteiger partial charge in [0.2, 0.25) is 5.91 Å². The van der Waals surface area contributed by atoms with Crippen LogP contribution in [0, 0.1) is 0 Å². The molecule has 1 N–H and O–H groups in total. The van der Waals surface area contributed by atoms with Crippen LogP contribution in [-0.2, 0) is 4.79 Å². The molecule has 0 bridgehead atoms. The first-order valence-electron chi connectivity index (χ1n) is 7.58. The molecule has 1 aliphatic heterocycles. The van der Waals surface area contributed by atoms with Crippen molar-refractivity contribution >= 4 is 29.2 Å². The molecule has 1 aromatic rings. The first kappa shape index (κ1) is 16.6. The smallest absolute Gasteiger partial charge is 0.317 e. The summed E-state index contributed by atoms with van der Waals surface area (Å²) in [5, 5.41) is 3.56. The minimum Gasteiger partial charge on any atom is -0.333 e. The Balaban J connectivity index is 1.92. The normalized spacial score (nSPS) is 17.7. The summed E-state index contributed by atoms with van der Waals surface area (Å²) in [4.78, 5) is 27.5. The summed E-state index contributed by atoms with van der Waals surface area (Å²) in [7, 11) is 1.78. The fraction of sp³-hybridized carbons (Fsp3) is 0.500. The van der Waals surface area contributed by atoms with Gasteiger partial charge in [-0.25, -0.2) is 4.79 Å². The Bertz CT molecular complexity index is 533. The van der Waals surface area contributed by atoms with Gasteiger partial charge < -0.3 is 15.1 Å². The van der Waals surface area contributed by atoms with Crippen LogP contribution in [0.25, 0.3) is 0 Å². The summed E-state index contributed by atoms with van der Waals surface area (Å²) in [5.74, 6) is 0.0174. The van der Waals surface area contributed by atoms with Crippen molar-refractivity contribution in [3.63, 3.8) is 0 Å². The molecule has 6 heteroatoms. The molecule has 1 fully saturated rings. The van der Waals surface area contributed by atoms with Gasteiger partial charge in [0.1, 0.15) is 0 Å². The second-order valence-electron chi connectivity index (χ2n) is 5.61. The monoisotopic (exact) mass is 323 g/mol. The van der Waals surface area contributed by atoms with E-state index >= 15 is 0 Å². The Hall–Kier alpha value is -1.75. The molecule has 0 spiro atoms. The maximum absolute atomic E-state index is 12.1. The van der Waals surface area contributed by atoms with Gasteiger partial charge in [0.05, 0.1) is 6.04 Å². The third-order valence-corrected chi connectivity index (χ3v) is 4.04. The van der Waals surface area contributed by atoms with E-state index in [-0.39, 0.29) is 18.0 Å². The highest BCUT2D eigenvalue weighted by Crippen LogP contribution is 2.23. The van der Waals surface area contributed by atoms with Gasteiger partial charge in [0.15, 0.2) is 0 Å². The maximum atomic E-state index is 12.1. The minimum absolute atomic E-state index is 0.0174. The molecule has 1 saturated heterocycles. The lowest BCUT2D eigenvalue weighted by atomic mass is 10.2.